The second-order valence-electron chi connectivity index (χ2n) is 4.31. The fraction of sp³-hybridized carbons (Fsp3) is 0.0625. The topological polar surface area (TPSA) is 17.1 Å². The van der Waals surface area contributed by atoms with Crippen molar-refractivity contribution in [2.24, 2.45) is 0 Å². The van der Waals surface area contributed by atoms with Gasteiger partial charge in [0.1, 0.15) is 5.82 Å². The smallest absolute Gasteiger partial charge is 0.298 e. The van der Waals surface area contributed by atoms with Gasteiger partial charge in [0.2, 0.25) is 0 Å². The van der Waals surface area contributed by atoms with Crippen molar-refractivity contribution in [2.45, 2.75) is 6.18 Å². The fourth-order valence-corrected chi connectivity index (χ4v) is 1.88. The molecule has 0 unspecified atom stereocenters. The molecular formula is C16H10F4O. The number of carbonyl (C=O) groups excluding carboxylic acids is 1. The summed E-state index contributed by atoms with van der Waals surface area (Å²) in [5, 5.41) is 0. The molecule has 2 aromatic rings. The molecule has 0 saturated heterocycles. The highest BCUT2D eigenvalue weighted by atomic mass is 19.4. The van der Waals surface area contributed by atoms with Gasteiger partial charge in [-0.25, -0.2) is 4.39 Å². The second-order valence-corrected chi connectivity index (χ2v) is 4.31. The van der Waals surface area contributed by atoms with E-state index in [0.717, 1.165) is 24.3 Å². The normalized spacial score (nSPS) is 12.3. The van der Waals surface area contributed by atoms with E-state index in [2.05, 4.69) is 0 Å². The van der Waals surface area contributed by atoms with Crippen LogP contribution in [0.1, 0.15) is 16.7 Å². The quantitative estimate of drug-likeness (QED) is 0.350. The first-order valence-electron chi connectivity index (χ1n) is 6.01. The zero-order valence-corrected chi connectivity index (χ0v) is 10.7. The van der Waals surface area contributed by atoms with E-state index in [1.54, 1.807) is 0 Å². The Kier molecular flexibility index (Phi) is 4.21. The van der Waals surface area contributed by atoms with Crippen molar-refractivity contribution in [2.75, 3.05) is 0 Å². The molecule has 2 aromatic carbocycles. The standard InChI is InChI=1S/C16H10F4O/c17-14-7-5-11(6-8-14)13(10-21)9-12-3-1-2-4-15(12)16(18,19)20/h1-10H/b13-9+. The molecule has 0 aliphatic rings. The Morgan fingerprint density at radius 2 is 1.57 bits per heavy atom. The van der Waals surface area contributed by atoms with Gasteiger partial charge in [-0.3, -0.25) is 4.79 Å². The van der Waals surface area contributed by atoms with Gasteiger partial charge in [-0.2, -0.15) is 13.2 Å². The largest absolute Gasteiger partial charge is 0.416 e. The summed E-state index contributed by atoms with van der Waals surface area (Å²) in [5.41, 5.74) is -0.544. The third-order valence-electron chi connectivity index (χ3n) is 2.88. The van der Waals surface area contributed by atoms with Gasteiger partial charge in [-0.05, 0) is 35.4 Å². The third-order valence-corrected chi connectivity index (χ3v) is 2.88. The minimum atomic E-state index is -4.51. The number of carbonyl (C=O) groups is 1. The van der Waals surface area contributed by atoms with Gasteiger partial charge in [0, 0.05) is 5.57 Å². The predicted molar refractivity (Wildman–Crippen MR) is 71.8 cm³/mol. The van der Waals surface area contributed by atoms with Crippen molar-refractivity contribution < 1.29 is 22.4 Å². The number of halogens is 4. The van der Waals surface area contributed by atoms with Crippen LogP contribution < -0.4 is 0 Å². The lowest BCUT2D eigenvalue weighted by atomic mass is 10.0. The molecule has 0 radical (unpaired) electrons. The molecule has 0 saturated carbocycles. The highest BCUT2D eigenvalue weighted by molar-refractivity contribution is 6.13. The van der Waals surface area contributed by atoms with Crippen LogP contribution in [0.15, 0.2) is 48.5 Å². The summed E-state index contributed by atoms with van der Waals surface area (Å²) in [6.07, 6.45) is -2.92. The lowest BCUT2D eigenvalue weighted by Gasteiger charge is -2.10. The Hall–Kier alpha value is -2.43. The average molecular weight is 294 g/mol. The van der Waals surface area contributed by atoms with Crippen molar-refractivity contribution in [3.63, 3.8) is 0 Å². The number of rotatable bonds is 3. The molecule has 21 heavy (non-hydrogen) atoms. The maximum Gasteiger partial charge on any atom is 0.416 e. The highest BCUT2D eigenvalue weighted by Gasteiger charge is 2.32. The number of allylic oxidation sites excluding steroid dienone is 1. The van der Waals surface area contributed by atoms with Crippen LogP contribution >= 0.6 is 0 Å². The van der Waals surface area contributed by atoms with Crippen LogP contribution in [0.5, 0.6) is 0 Å². The predicted octanol–water partition coefficient (Wildman–Crippen LogP) is 4.58. The number of benzene rings is 2. The lowest BCUT2D eigenvalue weighted by Crippen LogP contribution is -2.07. The minimum Gasteiger partial charge on any atom is -0.298 e. The Balaban J connectivity index is 2.51. The Morgan fingerprint density at radius 1 is 0.952 bits per heavy atom. The van der Waals surface area contributed by atoms with Crippen LogP contribution in [-0.2, 0) is 11.0 Å². The number of aldehydes is 1. The summed E-state index contributed by atoms with van der Waals surface area (Å²) in [6.45, 7) is 0. The SMILES string of the molecule is O=C/C(=C\c1ccccc1C(F)(F)F)c1ccc(F)cc1. The maximum absolute atomic E-state index is 12.9. The monoisotopic (exact) mass is 294 g/mol. The molecule has 0 aliphatic carbocycles. The lowest BCUT2D eigenvalue weighted by molar-refractivity contribution is -0.137. The molecule has 0 N–H and O–H groups in total. The van der Waals surface area contributed by atoms with Crippen LogP contribution in [-0.4, -0.2) is 6.29 Å². The molecule has 2 rings (SSSR count). The molecule has 1 nitrogen and oxygen atoms in total. The third kappa shape index (κ3) is 3.56. The van der Waals surface area contributed by atoms with E-state index in [0.29, 0.717) is 11.8 Å². The first-order valence-corrected chi connectivity index (χ1v) is 6.01. The zero-order valence-electron chi connectivity index (χ0n) is 10.7. The van der Waals surface area contributed by atoms with Crippen LogP contribution in [0, 0.1) is 5.82 Å². The van der Waals surface area contributed by atoms with Crippen molar-refractivity contribution in [3.05, 3.63) is 71.0 Å². The summed E-state index contributed by atoms with van der Waals surface area (Å²) in [4.78, 5) is 11.1. The van der Waals surface area contributed by atoms with Gasteiger partial charge < -0.3 is 0 Å². The molecular weight excluding hydrogens is 284 g/mol. The van der Waals surface area contributed by atoms with E-state index in [1.165, 1.54) is 30.3 Å². The summed E-state index contributed by atoms with van der Waals surface area (Å²) in [6, 6.07) is 9.91. The van der Waals surface area contributed by atoms with Crippen molar-refractivity contribution in [3.8, 4) is 0 Å². The summed E-state index contributed by atoms with van der Waals surface area (Å²) in [5.74, 6) is -0.486. The molecule has 0 heterocycles. The Bertz CT molecular complexity index is 669. The molecule has 0 amide bonds. The maximum atomic E-state index is 12.9. The van der Waals surface area contributed by atoms with Gasteiger partial charge in [0.25, 0.3) is 0 Å². The van der Waals surface area contributed by atoms with Gasteiger partial charge in [0.15, 0.2) is 6.29 Å². The Labute approximate surface area is 118 Å². The second kappa shape index (κ2) is 5.91. The zero-order chi connectivity index (χ0) is 15.5. The average Bonchev–Trinajstić information content (AvgIpc) is 2.45. The van der Waals surface area contributed by atoms with E-state index >= 15 is 0 Å². The summed E-state index contributed by atoms with van der Waals surface area (Å²) >= 11 is 0. The van der Waals surface area contributed by atoms with Gasteiger partial charge in [-0.1, -0.05) is 30.3 Å². The van der Waals surface area contributed by atoms with Crippen LogP contribution in [0.4, 0.5) is 17.6 Å². The van der Waals surface area contributed by atoms with Crippen LogP contribution in [0.3, 0.4) is 0 Å². The van der Waals surface area contributed by atoms with E-state index < -0.39 is 17.6 Å². The van der Waals surface area contributed by atoms with E-state index in [9.17, 15) is 22.4 Å². The summed E-state index contributed by atoms with van der Waals surface area (Å²) < 4.78 is 51.5. The van der Waals surface area contributed by atoms with Crippen LogP contribution in [0.2, 0.25) is 0 Å². The van der Waals surface area contributed by atoms with E-state index in [4.69, 9.17) is 0 Å². The molecule has 0 aliphatic heterocycles. The molecule has 108 valence electrons. The molecule has 0 bridgehead atoms. The van der Waals surface area contributed by atoms with Gasteiger partial charge >= 0.3 is 6.18 Å². The van der Waals surface area contributed by atoms with Crippen molar-refractivity contribution in [1.82, 2.24) is 0 Å². The number of hydrogen-bond donors (Lipinski definition) is 0. The fourth-order valence-electron chi connectivity index (χ4n) is 1.88. The molecule has 0 aromatic heterocycles. The first kappa shape index (κ1) is 15.0. The van der Waals surface area contributed by atoms with Crippen LogP contribution in [0.25, 0.3) is 11.6 Å². The molecule has 0 spiro atoms. The number of hydrogen-bond acceptors (Lipinski definition) is 1. The molecule has 5 heteroatoms. The minimum absolute atomic E-state index is 0.0479. The highest BCUT2D eigenvalue weighted by Crippen LogP contribution is 2.33. The summed E-state index contributed by atoms with van der Waals surface area (Å²) in [7, 11) is 0. The molecule has 0 atom stereocenters. The number of alkyl halides is 3. The molecule has 0 fully saturated rings. The van der Waals surface area contributed by atoms with Gasteiger partial charge in [-0.15, -0.1) is 0 Å². The van der Waals surface area contributed by atoms with E-state index in [1.807, 2.05) is 0 Å². The van der Waals surface area contributed by atoms with Gasteiger partial charge in [0.05, 0.1) is 5.56 Å². The Morgan fingerprint density at radius 3 is 2.14 bits per heavy atom. The van der Waals surface area contributed by atoms with Crippen molar-refractivity contribution in [1.29, 1.82) is 0 Å². The first-order chi connectivity index (χ1) is 9.91. The van der Waals surface area contributed by atoms with E-state index in [-0.39, 0.29) is 11.1 Å². The van der Waals surface area contributed by atoms with Crippen molar-refractivity contribution >= 4 is 17.9 Å².